The SMILES string of the molecule is CC(=O)CC(=O)NCCCNC(=O)CC(C)=O. The predicted molar refractivity (Wildman–Crippen MR) is 61.2 cm³/mol. The lowest BCUT2D eigenvalue weighted by Gasteiger charge is -2.05. The van der Waals surface area contributed by atoms with Crippen LogP contribution in [-0.2, 0) is 19.2 Å². The second-order valence-electron chi connectivity index (χ2n) is 3.81. The van der Waals surface area contributed by atoms with Crippen molar-refractivity contribution in [1.82, 2.24) is 10.6 Å². The first-order valence-corrected chi connectivity index (χ1v) is 5.44. The van der Waals surface area contributed by atoms with E-state index < -0.39 is 0 Å². The first kappa shape index (κ1) is 15.3. The fourth-order valence-corrected chi connectivity index (χ4v) is 1.12. The Balaban J connectivity index is 3.46. The van der Waals surface area contributed by atoms with Gasteiger partial charge in [-0.05, 0) is 20.3 Å². The molecule has 0 aromatic rings. The Morgan fingerprint density at radius 2 is 1.12 bits per heavy atom. The molecule has 0 fully saturated rings. The topological polar surface area (TPSA) is 92.3 Å². The third-order valence-electron chi connectivity index (χ3n) is 1.82. The zero-order chi connectivity index (χ0) is 13.3. The van der Waals surface area contributed by atoms with Crippen molar-refractivity contribution in [1.29, 1.82) is 0 Å². The van der Waals surface area contributed by atoms with Crippen molar-refractivity contribution in [3.05, 3.63) is 0 Å². The summed E-state index contributed by atoms with van der Waals surface area (Å²) in [5, 5.41) is 5.10. The van der Waals surface area contributed by atoms with Crippen LogP contribution < -0.4 is 10.6 Å². The van der Waals surface area contributed by atoms with Gasteiger partial charge in [-0.25, -0.2) is 0 Å². The second-order valence-corrected chi connectivity index (χ2v) is 3.81. The quantitative estimate of drug-likeness (QED) is 0.446. The largest absolute Gasteiger partial charge is 0.356 e. The van der Waals surface area contributed by atoms with Crippen LogP contribution in [0, 0.1) is 0 Å². The van der Waals surface area contributed by atoms with Gasteiger partial charge in [0.2, 0.25) is 11.8 Å². The molecule has 0 aliphatic carbocycles. The lowest BCUT2D eigenvalue weighted by molar-refractivity contribution is -0.128. The summed E-state index contributed by atoms with van der Waals surface area (Å²) in [4.78, 5) is 43.2. The van der Waals surface area contributed by atoms with Crippen molar-refractivity contribution in [3.8, 4) is 0 Å². The Labute approximate surface area is 100 Å². The van der Waals surface area contributed by atoms with Crippen LogP contribution in [0.1, 0.15) is 33.1 Å². The van der Waals surface area contributed by atoms with Crippen LogP contribution in [-0.4, -0.2) is 36.5 Å². The monoisotopic (exact) mass is 242 g/mol. The fourth-order valence-electron chi connectivity index (χ4n) is 1.12. The molecule has 96 valence electrons. The highest BCUT2D eigenvalue weighted by molar-refractivity contribution is 5.97. The number of ketones is 2. The molecule has 0 saturated heterocycles. The molecule has 0 bridgehead atoms. The molecule has 0 heterocycles. The van der Waals surface area contributed by atoms with E-state index in [1.807, 2.05) is 0 Å². The fraction of sp³-hybridized carbons (Fsp3) is 0.636. The summed E-state index contributed by atoms with van der Waals surface area (Å²) in [6.07, 6.45) is 0.334. The predicted octanol–water partition coefficient (Wildman–Crippen LogP) is -0.433. The van der Waals surface area contributed by atoms with E-state index in [4.69, 9.17) is 0 Å². The highest BCUT2D eigenvalue weighted by atomic mass is 16.2. The Morgan fingerprint density at radius 3 is 1.41 bits per heavy atom. The van der Waals surface area contributed by atoms with Gasteiger partial charge in [0, 0.05) is 13.1 Å². The van der Waals surface area contributed by atoms with Crippen molar-refractivity contribution in [2.75, 3.05) is 13.1 Å². The van der Waals surface area contributed by atoms with E-state index in [1.165, 1.54) is 13.8 Å². The highest BCUT2D eigenvalue weighted by Gasteiger charge is 2.05. The third-order valence-corrected chi connectivity index (χ3v) is 1.82. The maximum Gasteiger partial charge on any atom is 0.227 e. The summed E-state index contributed by atoms with van der Waals surface area (Å²) in [6.45, 7) is 3.49. The van der Waals surface area contributed by atoms with E-state index in [-0.39, 0.29) is 36.2 Å². The number of amides is 2. The van der Waals surface area contributed by atoms with E-state index >= 15 is 0 Å². The van der Waals surface area contributed by atoms with E-state index in [1.54, 1.807) is 0 Å². The normalized spacial score (nSPS) is 9.53. The molecule has 0 radical (unpaired) electrons. The first-order valence-electron chi connectivity index (χ1n) is 5.44. The standard InChI is InChI=1S/C11H18N2O4/c1-8(14)6-10(16)12-4-3-5-13-11(17)7-9(2)15/h3-7H2,1-2H3,(H,12,16)(H,13,17). The van der Waals surface area contributed by atoms with Gasteiger partial charge in [-0.2, -0.15) is 0 Å². The van der Waals surface area contributed by atoms with E-state index in [9.17, 15) is 19.2 Å². The summed E-state index contributed by atoms with van der Waals surface area (Å²) in [5.41, 5.74) is 0. The molecule has 6 nitrogen and oxygen atoms in total. The van der Waals surface area contributed by atoms with Gasteiger partial charge in [-0.15, -0.1) is 0 Å². The molecular formula is C11H18N2O4. The average Bonchev–Trinajstić information content (AvgIpc) is 2.14. The smallest absolute Gasteiger partial charge is 0.227 e. The lowest BCUT2D eigenvalue weighted by atomic mass is 10.3. The number of hydrogen-bond donors (Lipinski definition) is 2. The number of carbonyl (C=O) groups excluding carboxylic acids is 4. The molecular weight excluding hydrogens is 224 g/mol. The number of nitrogens with one attached hydrogen (secondary N) is 2. The van der Waals surface area contributed by atoms with Crippen molar-refractivity contribution in [2.24, 2.45) is 0 Å². The van der Waals surface area contributed by atoms with Crippen LogP contribution >= 0.6 is 0 Å². The molecule has 0 aliphatic rings. The molecule has 17 heavy (non-hydrogen) atoms. The van der Waals surface area contributed by atoms with E-state index in [0.717, 1.165) is 0 Å². The van der Waals surface area contributed by atoms with Gasteiger partial charge in [0.1, 0.15) is 11.6 Å². The molecule has 2 N–H and O–H groups in total. The van der Waals surface area contributed by atoms with E-state index in [2.05, 4.69) is 10.6 Å². The van der Waals surface area contributed by atoms with Gasteiger partial charge in [-0.1, -0.05) is 0 Å². The molecule has 0 rings (SSSR count). The van der Waals surface area contributed by atoms with Crippen LogP contribution in [0.5, 0.6) is 0 Å². The summed E-state index contributed by atoms with van der Waals surface area (Å²) in [7, 11) is 0. The second kappa shape index (κ2) is 8.43. The zero-order valence-corrected chi connectivity index (χ0v) is 10.2. The molecule has 0 spiro atoms. The van der Waals surface area contributed by atoms with Crippen LogP contribution in [0.4, 0.5) is 0 Å². The van der Waals surface area contributed by atoms with Crippen molar-refractivity contribution < 1.29 is 19.2 Å². The minimum absolute atomic E-state index is 0.114. The molecule has 2 amide bonds. The minimum atomic E-state index is -0.312. The number of hydrogen-bond acceptors (Lipinski definition) is 4. The first-order chi connectivity index (χ1) is 7.91. The number of Topliss-reactive ketones (excluding diaryl/α,β-unsaturated/α-hetero) is 2. The van der Waals surface area contributed by atoms with Crippen LogP contribution in [0.15, 0.2) is 0 Å². The van der Waals surface area contributed by atoms with Crippen LogP contribution in [0.25, 0.3) is 0 Å². The summed E-state index contributed by atoms with van der Waals surface area (Å²) >= 11 is 0. The summed E-state index contributed by atoms with van der Waals surface area (Å²) in [5.74, 6) is -0.991. The van der Waals surface area contributed by atoms with Gasteiger partial charge in [0.15, 0.2) is 0 Å². The Hall–Kier alpha value is -1.72. The molecule has 0 atom stereocenters. The molecule has 6 heteroatoms. The van der Waals surface area contributed by atoms with Gasteiger partial charge in [-0.3, -0.25) is 19.2 Å². The highest BCUT2D eigenvalue weighted by Crippen LogP contribution is 1.84. The minimum Gasteiger partial charge on any atom is -0.356 e. The Bertz CT molecular complexity index is 283. The zero-order valence-electron chi connectivity index (χ0n) is 10.2. The van der Waals surface area contributed by atoms with Crippen molar-refractivity contribution in [3.63, 3.8) is 0 Å². The average molecular weight is 242 g/mol. The molecule has 0 aromatic heterocycles. The van der Waals surface area contributed by atoms with E-state index in [0.29, 0.717) is 19.5 Å². The molecule has 0 aliphatic heterocycles. The Kier molecular flexibility index (Phi) is 7.58. The number of carbonyl (C=O) groups is 4. The maximum absolute atomic E-state index is 11.0. The molecule has 0 unspecified atom stereocenters. The Morgan fingerprint density at radius 1 is 0.765 bits per heavy atom. The summed E-state index contributed by atoms with van der Waals surface area (Å²) < 4.78 is 0. The van der Waals surface area contributed by atoms with Gasteiger partial charge >= 0.3 is 0 Å². The summed E-state index contributed by atoms with van der Waals surface area (Å²) in [6, 6.07) is 0. The lowest BCUT2D eigenvalue weighted by Crippen LogP contribution is -2.31. The molecule has 0 aromatic carbocycles. The van der Waals surface area contributed by atoms with Crippen LogP contribution in [0.2, 0.25) is 0 Å². The van der Waals surface area contributed by atoms with Crippen molar-refractivity contribution >= 4 is 23.4 Å². The van der Waals surface area contributed by atoms with Crippen molar-refractivity contribution in [2.45, 2.75) is 33.1 Å². The van der Waals surface area contributed by atoms with Gasteiger partial charge in [0.05, 0.1) is 12.8 Å². The van der Waals surface area contributed by atoms with Crippen LogP contribution in [0.3, 0.4) is 0 Å². The maximum atomic E-state index is 11.0. The molecule has 0 saturated carbocycles. The van der Waals surface area contributed by atoms with Gasteiger partial charge in [0.25, 0.3) is 0 Å². The third kappa shape index (κ3) is 10.6. The number of rotatable bonds is 8. The van der Waals surface area contributed by atoms with Gasteiger partial charge < -0.3 is 10.6 Å².